The Morgan fingerprint density at radius 3 is 2.82 bits per heavy atom. The van der Waals surface area contributed by atoms with Gasteiger partial charge < -0.3 is 10.6 Å². The van der Waals surface area contributed by atoms with Gasteiger partial charge in [-0.2, -0.15) is 0 Å². The van der Waals surface area contributed by atoms with Crippen LogP contribution in [0, 0.1) is 5.92 Å². The van der Waals surface area contributed by atoms with Gasteiger partial charge in [0.05, 0.1) is 5.92 Å². The van der Waals surface area contributed by atoms with Crippen LogP contribution in [0.25, 0.3) is 0 Å². The number of amides is 2. The van der Waals surface area contributed by atoms with Crippen LogP contribution in [0.1, 0.15) is 6.42 Å². The number of carbonyl (C=O) groups excluding carboxylic acids is 2. The Kier molecular flexibility index (Phi) is 3.44. The number of carbonyl (C=O) groups is 2. The minimum Gasteiger partial charge on any atom is -0.355 e. The quantitative estimate of drug-likeness (QED) is 0.619. The zero-order chi connectivity index (χ0) is 12.4. The van der Waals surface area contributed by atoms with E-state index in [0.29, 0.717) is 6.54 Å². The number of anilines is 1. The molecule has 1 atom stereocenters. The molecule has 0 aromatic carbocycles. The third-order valence-corrected chi connectivity index (χ3v) is 2.63. The molecule has 1 saturated heterocycles. The average molecular weight is 275 g/mol. The molecule has 0 radical (unpaired) electrons. The van der Waals surface area contributed by atoms with E-state index in [4.69, 9.17) is 23.2 Å². The molecule has 2 heterocycles. The molecule has 0 spiro atoms. The molecule has 6 nitrogen and oxygen atoms in total. The summed E-state index contributed by atoms with van der Waals surface area (Å²) in [6, 6.07) is 1.38. The largest absolute Gasteiger partial charge is 0.355 e. The number of rotatable bonds is 2. The lowest BCUT2D eigenvalue weighted by atomic mass is 10.1. The first kappa shape index (κ1) is 12.1. The number of hydrogen-bond acceptors (Lipinski definition) is 4. The van der Waals surface area contributed by atoms with Crippen molar-refractivity contribution in [3.8, 4) is 0 Å². The van der Waals surface area contributed by atoms with Crippen LogP contribution >= 0.6 is 23.2 Å². The van der Waals surface area contributed by atoms with Crippen LogP contribution in [0.5, 0.6) is 0 Å². The van der Waals surface area contributed by atoms with Gasteiger partial charge in [0.2, 0.25) is 17.1 Å². The van der Waals surface area contributed by atoms with Crippen molar-refractivity contribution >= 4 is 40.8 Å². The first-order valence-corrected chi connectivity index (χ1v) is 5.58. The molecule has 1 aliphatic heterocycles. The molecule has 1 fully saturated rings. The van der Waals surface area contributed by atoms with Gasteiger partial charge in [-0.25, -0.2) is 9.97 Å². The Hall–Kier alpha value is -1.40. The van der Waals surface area contributed by atoms with Crippen LogP contribution in [0.4, 0.5) is 5.82 Å². The maximum atomic E-state index is 11.7. The van der Waals surface area contributed by atoms with Crippen LogP contribution in [0.2, 0.25) is 10.4 Å². The normalized spacial score (nSPS) is 18.9. The smallest absolute Gasteiger partial charge is 0.230 e. The summed E-state index contributed by atoms with van der Waals surface area (Å²) in [5.74, 6) is -0.604. The first-order valence-electron chi connectivity index (χ1n) is 4.82. The second-order valence-electron chi connectivity index (χ2n) is 3.54. The minimum absolute atomic E-state index is 0.0478. The zero-order valence-electron chi connectivity index (χ0n) is 8.54. The van der Waals surface area contributed by atoms with Gasteiger partial charge in [-0.05, 0) is 11.6 Å². The highest BCUT2D eigenvalue weighted by Crippen LogP contribution is 2.16. The number of nitrogens with zero attached hydrogens (tertiary/aromatic N) is 2. The fraction of sp³-hybridized carbons (Fsp3) is 0.333. The predicted molar refractivity (Wildman–Crippen MR) is 61.8 cm³/mol. The summed E-state index contributed by atoms with van der Waals surface area (Å²) in [7, 11) is 0. The van der Waals surface area contributed by atoms with Crippen LogP contribution in [0.3, 0.4) is 0 Å². The van der Waals surface area contributed by atoms with E-state index in [1.807, 2.05) is 0 Å². The summed E-state index contributed by atoms with van der Waals surface area (Å²) in [5.41, 5.74) is 0. The number of aromatic nitrogens is 2. The highest BCUT2D eigenvalue weighted by Gasteiger charge is 2.28. The van der Waals surface area contributed by atoms with Crippen molar-refractivity contribution < 1.29 is 9.59 Å². The topological polar surface area (TPSA) is 84.0 Å². The average Bonchev–Trinajstić information content (AvgIpc) is 2.63. The molecule has 1 aliphatic rings. The lowest BCUT2D eigenvalue weighted by Crippen LogP contribution is -2.25. The van der Waals surface area contributed by atoms with Crippen molar-refractivity contribution in [2.45, 2.75) is 6.42 Å². The summed E-state index contributed by atoms with van der Waals surface area (Å²) in [4.78, 5) is 30.1. The molecule has 2 amide bonds. The van der Waals surface area contributed by atoms with E-state index in [-0.39, 0.29) is 34.5 Å². The molecule has 0 saturated carbocycles. The van der Waals surface area contributed by atoms with Crippen molar-refractivity contribution in [2.75, 3.05) is 11.9 Å². The lowest BCUT2D eigenvalue weighted by Gasteiger charge is -2.08. The van der Waals surface area contributed by atoms with Gasteiger partial charge in [0.1, 0.15) is 11.0 Å². The predicted octanol–water partition coefficient (Wildman–Crippen LogP) is 0.858. The van der Waals surface area contributed by atoms with Gasteiger partial charge in [0, 0.05) is 19.0 Å². The first-order chi connectivity index (χ1) is 8.04. The fourth-order valence-corrected chi connectivity index (χ4v) is 1.88. The molecule has 0 bridgehead atoms. The molecule has 2 N–H and O–H groups in total. The Morgan fingerprint density at radius 1 is 1.47 bits per heavy atom. The molecule has 1 aromatic heterocycles. The molecular weight excluding hydrogens is 267 g/mol. The van der Waals surface area contributed by atoms with Gasteiger partial charge in [-0.15, -0.1) is 0 Å². The standard InChI is InChI=1S/C9H8Cl2N4O2/c10-5-2-6(15-9(11)13-5)14-8(17)4-1-7(16)12-3-4/h2,4H,1,3H2,(H,12,16)(H,13,14,15,17). The summed E-state index contributed by atoms with van der Waals surface area (Å²) < 4.78 is 0. The third-order valence-electron chi connectivity index (χ3n) is 2.27. The number of nitrogens with one attached hydrogen (secondary N) is 2. The Balaban J connectivity index is 2.05. The van der Waals surface area contributed by atoms with Crippen LogP contribution in [-0.2, 0) is 9.59 Å². The van der Waals surface area contributed by atoms with Gasteiger partial charge >= 0.3 is 0 Å². The Bertz CT molecular complexity index is 460. The van der Waals surface area contributed by atoms with E-state index in [1.54, 1.807) is 0 Å². The van der Waals surface area contributed by atoms with E-state index >= 15 is 0 Å². The van der Waals surface area contributed by atoms with Crippen molar-refractivity contribution in [1.29, 1.82) is 0 Å². The summed E-state index contributed by atoms with van der Waals surface area (Å²) in [6.07, 6.45) is 0.179. The van der Waals surface area contributed by atoms with E-state index in [1.165, 1.54) is 6.07 Å². The highest BCUT2D eigenvalue weighted by atomic mass is 35.5. The molecule has 90 valence electrons. The zero-order valence-corrected chi connectivity index (χ0v) is 10.0. The van der Waals surface area contributed by atoms with Crippen molar-refractivity contribution in [3.05, 3.63) is 16.5 Å². The van der Waals surface area contributed by atoms with Gasteiger partial charge in [0.25, 0.3) is 0 Å². The summed E-state index contributed by atoms with van der Waals surface area (Å²) in [5, 5.41) is 5.20. The molecule has 0 aliphatic carbocycles. The Labute approximate surface area is 107 Å². The maximum Gasteiger partial charge on any atom is 0.230 e. The van der Waals surface area contributed by atoms with E-state index in [9.17, 15) is 9.59 Å². The summed E-state index contributed by atoms with van der Waals surface area (Å²) in [6.45, 7) is 0.331. The molecule has 1 unspecified atom stereocenters. The van der Waals surface area contributed by atoms with Crippen LogP contribution in [0.15, 0.2) is 6.07 Å². The van der Waals surface area contributed by atoms with Crippen LogP contribution in [-0.4, -0.2) is 28.3 Å². The lowest BCUT2D eigenvalue weighted by molar-refractivity contribution is -0.123. The Morgan fingerprint density at radius 2 is 2.24 bits per heavy atom. The molecular formula is C9H8Cl2N4O2. The van der Waals surface area contributed by atoms with Crippen LogP contribution < -0.4 is 10.6 Å². The monoisotopic (exact) mass is 274 g/mol. The fourth-order valence-electron chi connectivity index (χ4n) is 1.47. The molecule has 1 aromatic rings. The van der Waals surface area contributed by atoms with Crippen molar-refractivity contribution in [2.24, 2.45) is 5.92 Å². The third kappa shape index (κ3) is 3.04. The SMILES string of the molecule is O=C1CC(C(=O)Nc2cc(Cl)nc(Cl)n2)CN1. The highest BCUT2D eigenvalue weighted by molar-refractivity contribution is 6.32. The summed E-state index contributed by atoms with van der Waals surface area (Å²) >= 11 is 11.3. The van der Waals surface area contributed by atoms with E-state index < -0.39 is 5.92 Å². The molecule has 8 heteroatoms. The maximum absolute atomic E-state index is 11.7. The second-order valence-corrected chi connectivity index (χ2v) is 4.26. The molecule has 17 heavy (non-hydrogen) atoms. The molecule has 2 rings (SSSR count). The van der Waals surface area contributed by atoms with Crippen molar-refractivity contribution in [3.63, 3.8) is 0 Å². The van der Waals surface area contributed by atoms with E-state index in [0.717, 1.165) is 0 Å². The van der Waals surface area contributed by atoms with Gasteiger partial charge in [-0.1, -0.05) is 11.6 Å². The van der Waals surface area contributed by atoms with E-state index in [2.05, 4.69) is 20.6 Å². The number of halogens is 2. The minimum atomic E-state index is -0.394. The van der Waals surface area contributed by atoms with Crippen molar-refractivity contribution in [1.82, 2.24) is 15.3 Å². The van der Waals surface area contributed by atoms with Gasteiger partial charge in [-0.3, -0.25) is 9.59 Å². The van der Waals surface area contributed by atoms with Gasteiger partial charge in [0.15, 0.2) is 0 Å². The second kappa shape index (κ2) is 4.85. The number of hydrogen-bond donors (Lipinski definition) is 2.